The average Bonchev–Trinajstić information content (AvgIpc) is 2.25. The van der Waals surface area contributed by atoms with Crippen molar-refractivity contribution >= 4 is 25.0 Å². The molecule has 0 radical (unpaired) electrons. The molecule has 0 saturated carbocycles. The van der Waals surface area contributed by atoms with E-state index in [2.05, 4.69) is 12.6 Å². The molecule has 0 aliphatic heterocycles. The van der Waals surface area contributed by atoms with Crippen LogP contribution in [0, 0.1) is 0 Å². The standard InChI is InChI=1S/C11H12O2S/c1-13-11-5-4-9(3-2-6-14)7-10(11)8-12/h2-5,7-8,14H,6H2,1H3. The minimum absolute atomic E-state index is 0.564. The summed E-state index contributed by atoms with van der Waals surface area (Å²) in [5.41, 5.74) is 1.54. The number of aldehydes is 1. The van der Waals surface area contributed by atoms with E-state index in [0.29, 0.717) is 17.1 Å². The van der Waals surface area contributed by atoms with Gasteiger partial charge in [0, 0.05) is 5.75 Å². The fourth-order valence-electron chi connectivity index (χ4n) is 1.14. The monoisotopic (exact) mass is 208 g/mol. The van der Waals surface area contributed by atoms with Crippen LogP contribution in [0.1, 0.15) is 15.9 Å². The van der Waals surface area contributed by atoms with Crippen molar-refractivity contribution in [3.63, 3.8) is 0 Å². The highest BCUT2D eigenvalue weighted by Crippen LogP contribution is 2.18. The van der Waals surface area contributed by atoms with Gasteiger partial charge in [0.05, 0.1) is 12.7 Å². The van der Waals surface area contributed by atoms with E-state index in [0.717, 1.165) is 11.8 Å². The summed E-state index contributed by atoms with van der Waals surface area (Å²) in [4.78, 5) is 10.7. The molecule has 0 heterocycles. The zero-order valence-corrected chi connectivity index (χ0v) is 8.83. The second-order valence-corrected chi connectivity index (χ2v) is 3.07. The van der Waals surface area contributed by atoms with Crippen LogP contribution in [0.25, 0.3) is 6.08 Å². The van der Waals surface area contributed by atoms with Crippen molar-refractivity contribution in [2.75, 3.05) is 12.9 Å². The van der Waals surface area contributed by atoms with Crippen molar-refractivity contribution in [2.24, 2.45) is 0 Å². The lowest BCUT2D eigenvalue weighted by molar-refractivity contribution is 0.112. The number of ether oxygens (including phenoxy) is 1. The van der Waals surface area contributed by atoms with E-state index in [1.165, 1.54) is 0 Å². The Morgan fingerprint density at radius 1 is 1.50 bits per heavy atom. The summed E-state index contributed by atoms with van der Waals surface area (Å²) in [7, 11) is 1.55. The average molecular weight is 208 g/mol. The van der Waals surface area contributed by atoms with Gasteiger partial charge in [-0.1, -0.05) is 18.2 Å². The summed E-state index contributed by atoms with van der Waals surface area (Å²) in [5, 5.41) is 0. The quantitative estimate of drug-likeness (QED) is 0.607. The number of benzene rings is 1. The SMILES string of the molecule is COc1ccc(C=CCS)cc1C=O. The molecule has 0 amide bonds. The predicted octanol–water partition coefficient (Wildman–Crippen LogP) is 2.45. The zero-order valence-electron chi connectivity index (χ0n) is 7.93. The van der Waals surface area contributed by atoms with Gasteiger partial charge in [-0.2, -0.15) is 12.6 Å². The van der Waals surface area contributed by atoms with Gasteiger partial charge >= 0.3 is 0 Å². The lowest BCUT2D eigenvalue weighted by Gasteiger charge is -2.03. The predicted molar refractivity (Wildman–Crippen MR) is 61.3 cm³/mol. The Bertz CT molecular complexity index is 345. The van der Waals surface area contributed by atoms with E-state index in [4.69, 9.17) is 4.74 Å². The smallest absolute Gasteiger partial charge is 0.153 e. The number of methoxy groups -OCH3 is 1. The van der Waals surface area contributed by atoms with Gasteiger partial charge in [0.1, 0.15) is 5.75 Å². The maximum Gasteiger partial charge on any atom is 0.153 e. The third kappa shape index (κ3) is 2.64. The molecule has 74 valence electrons. The van der Waals surface area contributed by atoms with Gasteiger partial charge in [0.15, 0.2) is 6.29 Å². The summed E-state index contributed by atoms with van der Waals surface area (Å²) in [6.45, 7) is 0. The molecule has 1 aromatic carbocycles. The first kappa shape index (κ1) is 10.9. The van der Waals surface area contributed by atoms with Gasteiger partial charge in [-0.15, -0.1) is 0 Å². The minimum atomic E-state index is 0.564. The largest absolute Gasteiger partial charge is 0.496 e. The van der Waals surface area contributed by atoms with E-state index in [9.17, 15) is 4.79 Å². The van der Waals surface area contributed by atoms with Crippen LogP contribution in [0.15, 0.2) is 24.3 Å². The van der Waals surface area contributed by atoms with Crippen molar-refractivity contribution in [3.05, 3.63) is 35.4 Å². The molecule has 14 heavy (non-hydrogen) atoms. The van der Waals surface area contributed by atoms with Gasteiger partial charge in [-0.05, 0) is 17.7 Å². The van der Waals surface area contributed by atoms with Crippen molar-refractivity contribution in [1.82, 2.24) is 0 Å². The van der Waals surface area contributed by atoms with E-state index < -0.39 is 0 Å². The number of thiol groups is 1. The molecular weight excluding hydrogens is 196 g/mol. The third-order valence-electron chi connectivity index (χ3n) is 1.80. The molecule has 0 aliphatic rings. The second-order valence-electron chi connectivity index (χ2n) is 2.70. The first-order valence-corrected chi connectivity index (χ1v) is 4.85. The van der Waals surface area contributed by atoms with Crippen LogP contribution in [-0.2, 0) is 0 Å². The highest BCUT2D eigenvalue weighted by atomic mass is 32.1. The molecule has 2 nitrogen and oxygen atoms in total. The molecule has 0 N–H and O–H groups in total. The van der Waals surface area contributed by atoms with Crippen LogP contribution < -0.4 is 4.74 Å². The fraction of sp³-hybridized carbons (Fsp3) is 0.182. The first-order chi connectivity index (χ1) is 6.81. The van der Waals surface area contributed by atoms with Crippen LogP contribution in [0.3, 0.4) is 0 Å². The van der Waals surface area contributed by atoms with Crippen LogP contribution in [0.2, 0.25) is 0 Å². The zero-order chi connectivity index (χ0) is 10.4. The molecule has 0 aliphatic carbocycles. The topological polar surface area (TPSA) is 26.3 Å². The molecule has 1 aromatic rings. The van der Waals surface area contributed by atoms with Crippen molar-refractivity contribution in [3.8, 4) is 5.75 Å². The third-order valence-corrected chi connectivity index (χ3v) is 2.01. The molecule has 0 atom stereocenters. The molecule has 0 aromatic heterocycles. The maximum absolute atomic E-state index is 10.7. The summed E-state index contributed by atoms with van der Waals surface area (Å²) >= 11 is 4.06. The molecule has 1 rings (SSSR count). The van der Waals surface area contributed by atoms with Crippen LogP contribution in [0.4, 0.5) is 0 Å². The molecule has 0 unspecified atom stereocenters. The number of carbonyl (C=O) groups is 1. The maximum atomic E-state index is 10.7. The van der Waals surface area contributed by atoms with E-state index >= 15 is 0 Å². The normalized spacial score (nSPS) is 10.4. The van der Waals surface area contributed by atoms with Gasteiger partial charge in [-0.3, -0.25) is 4.79 Å². The number of carbonyl (C=O) groups excluding carboxylic acids is 1. The van der Waals surface area contributed by atoms with Gasteiger partial charge < -0.3 is 4.74 Å². The van der Waals surface area contributed by atoms with Gasteiger partial charge in [-0.25, -0.2) is 0 Å². The highest BCUT2D eigenvalue weighted by Gasteiger charge is 2.00. The summed E-state index contributed by atoms with van der Waals surface area (Å²) in [5.74, 6) is 1.28. The number of rotatable bonds is 4. The van der Waals surface area contributed by atoms with Crippen molar-refractivity contribution in [1.29, 1.82) is 0 Å². The van der Waals surface area contributed by atoms with Crippen LogP contribution in [-0.4, -0.2) is 19.1 Å². The van der Waals surface area contributed by atoms with Gasteiger partial charge in [0.2, 0.25) is 0 Å². The molecule has 3 heteroatoms. The fourth-order valence-corrected chi connectivity index (χ4v) is 1.24. The van der Waals surface area contributed by atoms with E-state index in [1.54, 1.807) is 19.2 Å². The Morgan fingerprint density at radius 2 is 2.29 bits per heavy atom. The minimum Gasteiger partial charge on any atom is -0.496 e. The molecule has 0 spiro atoms. The summed E-state index contributed by atoms with van der Waals surface area (Å²) in [6, 6.07) is 5.46. The van der Waals surface area contributed by atoms with Crippen LogP contribution >= 0.6 is 12.6 Å². The molecule has 0 bridgehead atoms. The molecule has 0 fully saturated rings. The first-order valence-electron chi connectivity index (χ1n) is 4.22. The number of hydrogen-bond donors (Lipinski definition) is 1. The Balaban J connectivity index is 3.01. The highest BCUT2D eigenvalue weighted by molar-refractivity contribution is 7.80. The Morgan fingerprint density at radius 3 is 2.86 bits per heavy atom. The van der Waals surface area contributed by atoms with Gasteiger partial charge in [0.25, 0.3) is 0 Å². The Kier molecular flexibility index (Phi) is 4.26. The van der Waals surface area contributed by atoms with E-state index in [-0.39, 0.29) is 0 Å². The van der Waals surface area contributed by atoms with Crippen molar-refractivity contribution < 1.29 is 9.53 Å². The Hall–Kier alpha value is -1.22. The Labute approximate surface area is 89.0 Å². The number of hydrogen-bond acceptors (Lipinski definition) is 3. The summed E-state index contributed by atoms with van der Waals surface area (Å²) < 4.78 is 5.03. The lowest BCUT2D eigenvalue weighted by Crippen LogP contribution is -1.90. The summed E-state index contributed by atoms with van der Waals surface area (Å²) in [6.07, 6.45) is 4.62. The molecular formula is C11H12O2S. The van der Waals surface area contributed by atoms with Crippen molar-refractivity contribution in [2.45, 2.75) is 0 Å². The lowest BCUT2D eigenvalue weighted by atomic mass is 10.1. The van der Waals surface area contributed by atoms with Crippen LogP contribution in [0.5, 0.6) is 5.75 Å². The van der Waals surface area contributed by atoms with E-state index in [1.807, 2.05) is 18.2 Å². The second kappa shape index (κ2) is 5.50. The molecule has 0 saturated heterocycles.